The van der Waals surface area contributed by atoms with E-state index in [0.717, 1.165) is 52.4 Å². The molecule has 0 bridgehead atoms. The summed E-state index contributed by atoms with van der Waals surface area (Å²) < 4.78 is 11.2. The molecular weight excluding hydrogens is 414 g/mol. The van der Waals surface area contributed by atoms with Crippen LogP contribution in [0.5, 0.6) is 0 Å². The fourth-order valence-electron chi connectivity index (χ4n) is 4.58. The van der Waals surface area contributed by atoms with E-state index < -0.39 is 5.60 Å². The Morgan fingerprint density at radius 1 is 0.939 bits per heavy atom. The molecule has 1 atom stereocenters. The number of nitrogens with zero attached hydrogens (tertiary/aromatic N) is 3. The lowest BCUT2D eigenvalue weighted by molar-refractivity contribution is -0.00232. The van der Waals surface area contributed by atoms with Gasteiger partial charge in [-0.3, -0.25) is 4.90 Å². The van der Waals surface area contributed by atoms with Crippen LogP contribution in [0.4, 0.5) is 10.5 Å². The van der Waals surface area contributed by atoms with Crippen molar-refractivity contribution >= 4 is 11.8 Å². The van der Waals surface area contributed by atoms with Crippen molar-refractivity contribution in [1.82, 2.24) is 9.80 Å². The van der Waals surface area contributed by atoms with Gasteiger partial charge in [0.15, 0.2) is 0 Å². The van der Waals surface area contributed by atoms with Gasteiger partial charge in [0.1, 0.15) is 5.60 Å². The molecule has 2 aliphatic rings. The Labute approximate surface area is 198 Å². The molecule has 4 rings (SSSR count). The van der Waals surface area contributed by atoms with Crippen LogP contribution in [0.25, 0.3) is 0 Å². The van der Waals surface area contributed by atoms with Gasteiger partial charge in [0.2, 0.25) is 0 Å². The number of rotatable bonds is 5. The number of piperazine rings is 1. The standard InChI is InChI=1S/C27H37N3O3/c1-27(2,3)33-26(31)30-14-13-28(20-23-7-5-4-6-8-23)21-25(30)19-22-9-11-24(12-10-22)29-15-17-32-18-16-29/h4-12,25H,13-21H2,1-3H3/t25-/m1/s1. The normalized spacial score (nSPS) is 20.0. The summed E-state index contributed by atoms with van der Waals surface area (Å²) in [6.07, 6.45) is 0.602. The number of anilines is 1. The van der Waals surface area contributed by atoms with Gasteiger partial charge in [-0.15, -0.1) is 0 Å². The highest BCUT2D eigenvalue weighted by molar-refractivity contribution is 5.69. The number of carbonyl (C=O) groups is 1. The van der Waals surface area contributed by atoms with Crippen LogP contribution in [0.3, 0.4) is 0 Å². The third-order valence-electron chi connectivity index (χ3n) is 6.23. The molecule has 6 nitrogen and oxygen atoms in total. The zero-order valence-corrected chi connectivity index (χ0v) is 20.2. The van der Waals surface area contributed by atoms with Gasteiger partial charge in [0.25, 0.3) is 0 Å². The number of carbonyl (C=O) groups excluding carboxylic acids is 1. The zero-order valence-electron chi connectivity index (χ0n) is 20.2. The van der Waals surface area contributed by atoms with Gasteiger partial charge >= 0.3 is 6.09 Å². The van der Waals surface area contributed by atoms with Crippen molar-refractivity contribution in [2.24, 2.45) is 0 Å². The highest BCUT2D eigenvalue weighted by atomic mass is 16.6. The van der Waals surface area contributed by atoms with E-state index in [4.69, 9.17) is 9.47 Å². The van der Waals surface area contributed by atoms with Gasteiger partial charge in [-0.1, -0.05) is 42.5 Å². The van der Waals surface area contributed by atoms with E-state index in [9.17, 15) is 4.79 Å². The minimum absolute atomic E-state index is 0.0755. The third kappa shape index (κ3) is 6.71. The quantitative estimate of drug-likeness (QED) is 0.682. The molecule has 2 aromatic carbocycles. The van der Waals surface area contributed by atoms with Gasteiger partial charge < -0.3 is 19.3 Å². The van der Waals surface area contributed by atoms with Crippen LogP contribution >= 0.6 is 0 Å². The summed E-state index contributed by atoms with van der Waals surface area (Å²) in [6, 6.07) is 19.4. The molecule has 2 aliphatic heterocycles. The van der Waals surface area contributed by atoms with Crippen molar-refractivity contribution in [2.75, 3.05) is 50.8 Å². The summed E-state index contributed by atoms with van der Waals surface area (Å²) in [5, 5.41) is 0. The van der Waals surface area contributed by atoms with Gasteiger partial charge in [0, 0.05) is 45.0 Å². The predicted molar refractivity (Wildman–Crippen MR) is 132 cm³/mol. The molecule has 2 heterocycles. The number of benzene rings is 2. The highest BCUT2D eigenvalue weighted by Gasteiger charge is 2.33. The maximum absolute atomic E-state index is 13.0. The van der Waals surface area contributed by atoms with E-state index in [2.05, 4.69) is 58.3 Å². The molecule has 0 saturated carbocycles. The minimum atomic E-state index is -0.497. The van der Waals surface area contributed by atoms with Crippen LogP contribution in [0.2, 0.25) is 0 Å². The monoisotopic (exact) mass is 451 g/mol. The topological polar surface area (TPSA) is 45.2 Å². The second-order valence-corrected chi connectivity index (χ2v) is 10.0. The SMILES string of the molecule is CC(C)(C)OC(=O)N1CCN(Cc2ccccc2)C[C@H]1Cc1ccc(N2CCOCC2)cc1. The van der Waals surface area contributed by atoms with Crippen LogP contribution in [0.15, 0.2) is 54.6 Å². The molecule has 0 aromatic heterocycles. The van der Waals surface area contributed by atoms with Gasteiger partial charge in [-0.2, -0.15) is 0 Å². The van der Waals surface area contributed by atoms with E-state index in [1.54, 1.807) is 0 Å². The first-order chi connectivity index (χ1) is 15.9. The molecule has 0 spiro atoms. The van der Waals surface area contributed by atoms with E-state index in [0.29, 0.717) is 6.54 Å². The summed E-state index contributed by atoms with van der Waals surface area (Å²) in [5.41, 5.74) is 3.28. The van der Waals surface area contributed by atoms with E-state index in [-0.39, 0.29) is 12.1 Å². The maximum Gasteiger partial charge on any atom is 0.410 e. The molecule has 2 fully saturated rings. The molecule has 0 unspecified atom stereocenters. The molecule has 178 valence electrons. The van der Waals surface area contributed by atoms with E-state index in [1.807, 2.05) is 31.7 Å². The van der Waals surface area contributed by atoms with Gasteiger partial charge in [0.05, 0.1) is 19.3 Å². The first-order valence-electron chi connectivity index (χ1n) is 12.0. The summed E-state index contributed by atoms with van der Waals surface area (Å²) in [6.45, 7) is 12.5. The molecule has 0 aliphatic carbocycles. The summed E-state index contributed by atoms with van der Waals surface area (Å²) in [7, 11) is 0. The van der Waals surface area contributed by atoms with Crippen molar-refractivity contribution in [1.29, 1.82) is 0 Å². The Hall–Kier alpha value is -2.57. The van der Waals surface area contributed by atoms with Crippen LogP contribution in [-0.4, -0.2) is 73.5 Å². The van der Waals surface area contributed by atoms with Crippen molar-refractivity contribution in [3.05, 3.63) is 65.7 Å². The Bertz CT molecular complexity index is 889. The second-order valence-electron chi connectivity index (χ2n) is 10.0. The number of morpholine rings is 1. The van der Waals surface area contributed by atoms with Crippen LogP contribution in [-0.2, 0) is 22.4 Å². The van der Waals surface area contributed by atoms with Crippen LogP contribution < -0.4 is 4.90 Å². The van der Waals surface area contributed by atoms with Crippen molar-refractivity contribution in [3.63, 3.8) is 0 Å². The average Bonchev–Trinajstić information content (AvgIpc) is 2.80. The van der Waals surface area contributed by atoms with Crippen molar-refractivity contribution < 1.29 is 14.3 Å². The average molecular weight is 452 g/mol. The number of hydrogen-bond acceptors (Lipinski definition) is 5. The molecule has 33 heavy (non-hydrogen) atoms. The fourth-order valence-corrected chi connectivity index (χ4v) is 4.58. The summed E-state index contributed by atoms with van der Waals surface area (Å²) in [5.74, 6) is 0. The lowest BCUT2D eigenvalue weighted by Crippen LogP contribution is -2.56. The maximum atomic E-state index is 13.0. The first-order valence-corrected chi connectivity index (χ1v) is 12.0. The summed E-state index contributed by atoms with van der Waals surface area (Å²) in [4.78, 5) is 19.8. The summed E-state index contributed by atoms with van der Waals surface area (Å²) >= 11 is 0. The fraction of sp³-hybridized carbons (Fsp3) is 0.519. The van der Waals surface area contributed by atoms with Crippen molar-refractivity contribution in [2.45, 2.75) is 45.4 Å². The molecule has 2 aromatic rings. The molecule has 0 N–H and O–H groups in total. The first kappa shape index (κ1) is 23.6. The highest BCUT2D eigenvalue weighted by Crippen LogP contribution is 2.22. The van der Waals surface area contributed by atoms with Gasteiger partial charge in [-0.05, 0) is 50.5 Å². The minimum Gasteiger partial charge on any atom is -0.444 e. The van der Waals surface area contributed by atoms with E-state index >= 15 is 0 Å². The molecular formula is C27H37N3O3. The third-order valence-corrected chi connectivity index (χ3v) is 6.23. The molecule has 0 radical (unpaired) electrons. The molecule has 6 heteroatoms. The van der Waals surface area contributed by atoms with Crippen LogP contribution in [0, 0.1) is 0 Å². The van der Waals surface area contributed by atoms with Gasteiger partial charge in [-0.25, -0.2) is 4.79 Å². The Kier molecular flexibility index (Phi) is 7.56. The number of amides is 1. The largest absolute Gasteiger partial charge is 0.444 e. The zero-order chi connectivity index (χ0) is 23.3. The Balaban J connectivity index is 1.46. The van der Waals surface area contributed by atoms with Crippen molar-refractivity contribution in [3.8, 4) is 0 Å². The second kappa shape index (κ2) is 10.6. The Morgan fingerprint density at radius 2 is 1.64 bits per heavy atom. The molecule has 1 amide bonds. The Morgan fingerprint density at radius 3 is 2.30 bits per heavy atom. The predicted octanol–water partition coefficient (Wildman–Crippen LogP) is 4.19. The lowest BCUT2D eigenvalue weighted by atomic mass is 10.0. The van der Waals surface area contributed by atoms with E-state index in [1.165, 1.54) is 16.8 Å². The molecule has 2 saturated heterocycles. The van der Waals surface area contributed by atoms with Crippen LogP contribution in [0.1, 0.15) is 31.9 Å². The number of hydrogen-bond donors (Lipinski definition) is 0. The lowest BCUT2D eigenvalue weighted by Gasteiger charge is -2.42. The number of ether oxygens (including phenoxy) is 2. The smallest absolute Gasteiger partial charge is 0.410 e.